The number of carbonyl (C=O) groups excluding carboxylic acids is 1. The Bertz CT molecular complexity index is 757. The van der Waals surface area contributed by atoms with Gasteiger partial charge in [-0.25, -0.2) is 4.79 Å². The minimum absolute atomic E-state index is 0.125. The highest BCUT2D eigenvalue weighted by atomic mass is 16.2. The molecule has 1 atom stereocenters. The summed E-state index contributed by atoms with van der Waals surface area (Å²) in [6.45, 7) is 5.81. The van der Waals surface area contributed by atoms with Crippen molar-refractivity contribution < 1.29 is 4.79 Å². The number of fused-ring (bicyclic) bond motifs is 1. The van der Waals surface area contributed by atoms with E-state index in [1.165, 1.54) is 16.8 Å². The zero-order valence-corrected chi connectivity index (χ0v) is 15.3. The Morgan fingerprint density at radius 2 is 2.00 bits per heavy atom. The lowest BCUT2D eigenvalue weighted by Gasteiger charge is -2.33. The Morgan fingerprint density at radius 3 is 2.80 bits per heavy atom. The molecular formula is C21H27N3O. The number of nitrogens with one attached hydrogen (secondary N) is 2. The van der Waals surface area contributed by atoms with Gasteiger partial charge in [-0.1, -0.05) is 43.3 Å². The maximum Gasteiger partial charge on any atom is 0.319 e. The van der Waals surface area contributed by atoms with Crippen LogP contribution < -0.4 is 15.5 Å². The number of urea groups is 1. The Morgan fingerprint density at radius 1 is 1.20 bits per heavy atom. The van der Waals surface area contributed by atoms with E-state index in [0.29, 0.717) is 12.5 Å². The smallest absolute Gasteiger partial charge is 0.319 e. The first-order valence-corrected chi connectivity index (χ1v) is 9.03. The molecule has 0 spiro atoms. The standard InChI is InChI=1S/C21H27N3O/c1-4-16-9-7-8-15(2)20(16)23-21(25)22-14-17-12-13-24(3)19-11-6-5-10-18(17)19/h5-11,17H,4,12-14H2,1-3H3,(H2,22,23,25)/t17-/m1/s1. The van der Waals surface area contributed by atoms with E-state index in [2.05, 4.69) is 59.8 Å². The molecule has 3 rings (SSSR count). The van der Waals surface area contributed by atoms with Crippen LogP contribution in [0.4, 0.5) is 16.2 Å². The largest absolute Gasteiger partial charge is 0.374 e. The molecule has 132 valence electrons. The first-order chi connectivity index (χ1) is 12.1. The van der Waals surface area contributed by atoms with Crippen LogP contribution in [0.2, 0.25) is 0 Å². The third-order valence-electron chi connectivity index (χ3n) is 5.09. The molecule has 1 heterocycles. The number of aryl methyl sites for hydroxylation is 2. The molecule has 0 saturated carbocycles. The van der Waals surface area contributed by atoms with Crippen molar-refractivity contribution in [3.63, 3.8) is 0 Å². The van der Waals surface area contributed by atoms with Crippen molar-refractivity contribution >= 4 is 17.4 Å². The van der Waals surface area contributed by atoms with Gasteiger partial charge in [0.1, 0.15) is 0 Å². The minimum atomic E-state index is -0.125. The predicted octanol–water partition coefficient (Wildman–Crippen LogP) is 4.30. The summed E-state index contributed by atoms with van der Waals surface area (Å²) in [4.78, 5) is 14.7. The van der Waals surface area contributed by atoms with Crippen molar-refractivity contribution in [2.75, 3.05) is 30.4 Å². The first-order valence-electron chi connectivity index (χ1n) is 9.03. The molecular weight excluding hydrogens is 310 g/mol. The lowest BCUT2D eigenvalue weighted by molar-refractivity contribution is 0.251. The molecule has 4 heteroatoms. The quantitative estimate of drug-likeness (QED) is 0.873. The van der Waals surface area contributed by atoms with Crippen LogP contribution in [0, 0.1) is 6.92 Å². The minimum Gasteiger partial charge on any atom is -0.374 e. The van der Waals surface area contributed by atoms with Gasteiger partial charge in [-0.2, -0.15) is 0 Å². The molecule has 0 saturated heterocycles. The highest BCUT2D eigenvalue weighted by Crippen LogP contribution is 2.33. The zero-order valence-electron chi connectivity index (χ0n) is 15.3. The summed E-state index contributed by atoms with van der Waals surface area (Å²) in [6, 6.07) is 14.5. The van der Waals surface area contributed by atoms with Crippen LogP contribution in [-0.4, -0.2) is 26.2 Å². The highest BCUT2D eigenvalue weighted by Gasteiger charge is 2.23. The zero-order chi connectivity index (χ0) is 17.8. The summed E-state index contributed by atoms with van der Waals surface area (Å²) < 4.78 is 0. The number of amides is 2. The molecule has 0 aliphatic carbocycles. The van der Waals surface area contributed by atoms with E-state index < -0.39 is 0 Å². The monoisotopic (exact) mass is 337 g/mol. The fourth-order valence-electron chi connectivity index (χ4n) is 3.59. The number of nitrogens with zero attached hydrogens (tertiary/aromatic N) is 1. The maximum absolute atomic E-state index is 12.4. The van der Waals surface area contributed by atoms with Crippen LogP contribution in [0.5, 0.6) is 0 Å². The Hall–Kier alpha value is -2.49. The summed E-state index contributed by atoms with van der Waals surface area (Å²) in [6.07, 6.45) is 1.96. The molecule has 2 aromatic rings. The van der Waals surface area contributed by atoms with Crippen molar-refractivity contribution in [2.24, 2.45) is 0 Å². The summed E-state index contributed by atoms with van der Waals surface area (Å²) in [5, 5.41) is 6.11. The molecule has 25 heavy (non-hydrogen) atoms. The molecule has 1 aliphatic heterocycles. The van der Waals surface area contributed by atoms with Crippen LogP contribution in [0.3, 0.4) is 0 Å². The SMILES string of the molecule is CCc1cccc(C)c1NC(=O)NC[C@H]1CCN(C)c2ccccc21. The van der Waals surface area contributed by atoms with Gasteiger partial charge in [0.15, 0.2) is 0 Å². The second-order valence-electron chi connectivity index (χ2n) is 6.76. The van der Waals surface area contributed by atoms with E-state index in [0.717, 1.165) is 30.6 Å². The number of rotatable bonds is 4. The average Bonchev–Trinajstić information content (AvgIpc) is 2.63. The topological polar surface area (TPSA) is 44.4 Å². The van der Waals surface area contributed by atoms with Gasteiger partial charge in [0.05, 0.1) is 0 Å². The lowest BCUT2D eigenvalue weighted by atomic mass is 9.90. The number of hydrogen-bond donors (Lipinski definition) is 2. The third kappa shape index (κ3) is 3.78. The van der Waals surface area contributed by atoms with Gasteiger partial charge in [-0.05, 0) is 42.5 Å². The van der Waals surface area contributed by atoms with E-state index in [-0.39, 0.29) is 6.03 Å². The van der Waals surface area contributed by atoms with E-state index in [1.54, 1.807) is 0 Å². The maximum atomic E-state index is 12.4. The van der Waals surface area contributed by atoms with Gasteiger partial charge in [-0.15, -0.1) is 0 Å². The van der Waals surface area contributed by atoms with Gasteiger partial charge in [-0.3, -0.25) is 0 Å². The number of para-hydroxylation sites is 2. The molecule has 2 amide bonds. The third-order valence-corrected chi connectivity index (χ3v) is 5.09. The summed E-state index contributed by atoms with van der Waals surface area (Å²) in [5.41, 5.74) is 5.79. The molecule has 4 nitrogen and oxygen atoms in total. The number of hydrogen-bond acceptors (Lipinski definition) is 2. The molecule has 1 aliphatic rings. The molecule has 0 fully saturated rings. The fraction of sp³-hybridized carbons (Fsp3) is 0.381. The van der Waals surface area contributed by atoms with E-state index >= 15 is 0 Å². The van der Waals surface area contributed by atoms with Crippen LogP contribution in [0.1, 0.15) is 36.0 Å². The highest BCUT2D eigenvalue weighted by molar-refractivity contribution is 5.91. The van der Waals surface area contributed by atoms with Crippen LogP contribution >= 0.6 is 0 Å². The number of carbonyl (C=O) groups is 1. The molecule has 2 N–H and O–H groups in total. The lowest BCUT2D eigenvalue weighted by Crippen LogP contribution is -2.36. The van der Waals surface area contributed by atoms with Gasteiger partial charge in [0.25, 0.3) is 0 Å². The van der Waals surface area contributed by atoms with Crippen LogP contribution in [0.15, 0.2) is 42.5 Å². The summed E-state index contributed by atoms with van der Waals surface area (Å²) in [7, 11) is 2.12. The predicted molar refractivity (Wildman–Crippen MR) is 105 cm³/mol. The average molecular weight is 337 g/mol. The second kappa shape index (κ2) is 7.60. The Kier molecular flexibility index (Phi) is 5.27. The molecule has 0 aromatic heterocycles. The fourth-order valence-corrected chi connectivity index (χ4v) is 3.59. The van der Waals surface area contributed by atoms with Crippen molar-refractivity contribution in [1.29, 1.82) is 0 Å². The summed E-state index contributed by atoms with van der Waals surface area (Å²) >= 11 is 0. The van der Waals surface area contributed by atoms with Crippen molar-refractivity contribution in [1.82, 2.24) is 5.32 Å². The van der Waals surface area contributed by atoms with Gasteiger partial charge in [0, 0.05) is 37.4 Å². The van der Waals surface area contributed by atoms with Gasteiger partial charge in [0.2, 0.25) is 0 Å². The van der Waals surface area contributed by atoms with Gasteiger partial charge >= 0.3 is 6.03 Å². The number of anilines is 2. The van der Waals surface area contributed by atoms with Gasteiger partial charge < -0.3 is 15.5 Å². The van der Waals surface area contributed by atoms with Crippen molar-refractivity contribution in [2.45, 2.75) is 32.6 Å². The second-order valence-corrected chi connectivity index (χ2v) is 6.76. The van der Waals surface area contributed by atoms with Crippen molar-refractivity contribution in [3.05, 3.63) is 59.2 Å². The van der Waals surface area contributed by atoms with E-state index in [4.69, 9.17) is 0 Å². The number of benzene rings is 2. The molecule has 0 bridgehead atoms. The molecule has 2 aromatic carbocycles. The summed E-state index contributed by atoms with van der Waals surface area (Å²) in [5.74, 6) is 0.362. The van der Waals surface area contributed by atoms with Crippen LogP contribution in [0.25, 0.3) is 0 Å². The molecule has 0 unspecified atom stereocenters. The Balaban J connectivity index is 1.65. The Labute approximate surface area is 150 Å². The van der Waals surface area contributed by atoms with Crippen LogP contribution in [-0.2, 0) is 6.42 Å². The van der Waals surface area contributed by atoms with E-state index in [1.807, 2.05) is 19.1 Å². The normalized spacial score (nSPS) is 16.3. The molecule has 0 radical (unpaired) electrons. The van der Waals surface area contributed by atoms with E-state index in [9.17, 15) is 4.79 Å². The first kappa shape index (κ1) is 17.3. The van der Waals surface area contributed by atoms with Crippen molar-refractivity contribution in [3.8, 4) is 0 Å².